The number of anilines is 1. The first-order valence-corrected chi connectivity index (χ1v) is 17.0. The Hall–Kier alpha value is -2.76. The molecule has 0 aliphatic carbocycles. The van der Waals surface area contributed by atoms with Crippen molar-refractivity contribution in [2.45, 2.75) is 94.3 Å². The number of aliphatic imine (C=N–C) groups is 1. The van der Waals surface area contributed by atoms with E-state index in [0.29, 0.717) is 17.8 Å². The number of carbonyl (C=O) groups excluding carboxylic acids is 1. The number of amidine groups is 1. The molecule has 0 bridgehead atoms. The highest BCUT2D eigenvalue weighted by atomic mass is 32.2. The number of aryl methyl sites for hydroxylation is 1. The molecule has 3 rings (SSSR count). The minimum Gasteiger partial charge on any atom is -0.325 e. The third kappa shape index (κ3) is 8.62. The molecule has 0 unspecified atom stereocenters. The Morgan fingerprint density at radius 3 is 2.23 bits per heavy atom. The van der Waals surface area contributed by atoms with E-state index in [2.05, 4.69) is 22.0 Å². The molecule has 0 saturated heterocycles. The zero-order chi connectivity index (χ0) is 29.2. The molecule has 9 nitrogen and oxygen atoms in total. The second kappa shape index (κ2) is 14.7. The summed E-state index contributed by atoms with van der Waals surface area (Å²) < 4.78 is 55.0. The number of rotatable bonds is 16. The number of carbonyl (C=O) groups is 1. The summed E-state index contributed by atoms with van der Waals surface area (Å²) in [5.74, 6) is -0.424. The number of hydrogen-bond acceptors (Lipinski definition) is 6. The van der Waals surface area contributed by atoms with Crippen molar-refractivity contribution in [1.82, 2.24) is 9.03 Å². The third-order valence-electron chi connectivity index (χ3n) is 7.05. The van der Waals surface area contributed by atoms with Crippen LogP contribution in [0.4, 0.5) is 11.4 Å². The summed E-state index contributed by atoms with van der Waals surface area (Å²) in [7, 11) is -6.20. The van der Waals surface area contributed by atoms with Gasteiger partial charge in [-0.15, -0.1) is 0 Å². The summed E-state index contributed by atoms with van der Waals surface area (Å²) in [5.41, 5.74) is 1.30. The Morgan fingerprint density at radius 1 is 0.925 bits per heavy atom. The van der Waals surface area contributed by atoms with Gasteiger partial charge in [0.15, 0.2) is 0 Å². The van der Waals surface area contributed by atoms with Gasteiger partial charge in [-0.1, -0.05) is 82.9 Å². The lowest BCUT2D eigenvalue weighted by Crippen LogP contribution is -2.37. The van der Waals surface area contributed by atoms with Gasteiger partial charge >= 0.3 is 0 Å². The molecule has 2 aromatic rings. The van der Waals surface area contributed by atoms with Crippen LogP contribution >= 0.6 is 0 Å². The molecule has 220 valence electrons. The highest BCUT2D eigenvalue weighted by Crippen LogP contribution is 2.32. The van der Waals surface area contributed by atoms with Crippen LogP contribution in [0.3, 0.4) is 0 Å². The Balaban J connectivity index is 1.52. The number of unbranched alkanes of at least 4 members (excludes halogenated alkanes) is 9. The average molecular weight is 591 g/mol. The lowest BCUT2D eigenvalue weighted by atomic mass is 10.1. The SMILES string of the molecule is CCCCCCCCCCCCNS(=O)(=O)c1ccc(C)c(NC(=O)CC2=Nc3ccccc3S(=O)(=O)N2C)c1. The number of para-hydroxylation sites is 1. The maximum Gasteiger partial charge on any atom is 0.267 e. The zero-order valence-electron chi connectivity index (χ0n) is 23.8. The topological polar surface area (TPSA) is 125 Å². The Kier molecular flexibility index (Phi) is 11.7. The van der Waals surface area contributed by atoms with Crippen LogP contribution in [0, 0.1) is 6.92 Å². The monoisotopic (exact) mass is 590 g/mol. The van der Waals surface area contributed by atoms with Crippen molar-refractivity contribution < 1.29 is 21.6 Å². The van der Waals surface area contributed by atoms with E-state index in [9.17, 15) is 21.6 Å². The molecule has 0 atom stereocenters. The molecule has 1 aliphatic rings. The molecule has 2 N–H and O–H groups in total. The van der Waals surface area contributed by atoms with Gasteiger partial charge in [-0.2, -0.15) is 0 Å². The fourth-order valence-electron chi connectivity index (χ4n) is 4.56. The fraction of sp³-hybridized carbons (Fsp3) is 0.517. The third-order valence-corrected chi connectivity index (χ3v) is 10.3. The van der Waals surface area contributed by atoms with E-state index in [1.54, 1.807) is 31.2 Å². The van der Waals surface area contributed by atoms with Crippen LogP contribution < -0.4 is 10.0 Å². The van der Waals surface area contributed by atoms with Crippen LogP contribution in [0.5, 0.6) is 0 Å². The first kappa shape index (κ1) is 31.8. The predicted octanol–water partition coefficient (Wildman–Crippen LogP) is 5.89. The van der Waals surface area contributed by atoms with Gasteiger partial charge in [0, 0.05) is 19.3 Å². The Labute approximate surface area is 239 Å². The van der Waals surface area contributed by atoms with Crippen LogP contribution in [0.2, 0.25) is 0 Å². The molecule has 0 spiro atoms. The van der Waals surface area contributed by atoms with Gasteiger partial charge in [0.05, 0.1) is 17.0 Å². The first-order chi connectivity index (χ1) is 19.1. The summed E-state index contributed by atoms with van der Waals surface area (Å²) in [6, 6.07) is 10.9. The lowest BCUT2D eigenvalue weighted by molar-refractivity contribution is -0.115. The second-order valence-corrected chi connectivity index (χ2v) is 14.0. The number of nitrogens with zero attached hydrogens (tertiary/aromatic N) is 2. The van der Waals surface area contributed by atoms with Crippen LogP contribution in [0.1, 0.15) is 83.1 Å². The molecule has 1 heterocycles. The van der Waals surface area contributed by atoms with Crippen molar-refractivity contribution in [3.8, 4) is 0 Å². The van der Waals surface area contributed by atoms with E-state index < -0.39 is 26.0 Å². The minimum absolute atomic E-state index is 0.0594. The van der Waals surface area contributed by atoms with Crippen LogP contribution in [0.15, 0.2) is 57.2 Å². The number of fused-ring (bicyclic) bond motifs is 1. The maximum absolute atomic E-state index is 12.9. The van der Waals surface area contributed by atoms with E-state index >= 15 is 0 Å². The van der Waals surface area contributed by atoms with E-state index in [0.717, 1.165) is 23.6 Å². The highest BCUT2D eigenvalue weighted by Gasteiger charge is 2.32. The number of benzene rings is 2. The molecule has 0 radical (unpaired) electrons. The molecule has 2 aromatic carbocycles. The summed E-state index contributed by atoms with van der Waals surface area (Å²) in [6.07, 6.45) is 11.4. The standard InChI is InChI=1S/C29H42N4O5S2/c1-4-5-6-7-8-9-10-11-12-15-20-30-39(35,36)24-19-18-23(2)26(21-24)32-29(34)22-28-31-25-16-13-14-17-27(25)40(37,38)33(28)3/h13-14,16-19,21,30H,4-12,15,20,22H2,1-3H3,(H,32,34). The maximum atomic E-state index is 12.9. The van der Waals surface area contributed by atoms with E-state index in [-0.39, 0.29) is 27.7 Å². The second-order valence-electron chi connectivity index (χ2n) is 10.2. The molecule has 11 heteroatoms. The van der Waals surface area contributed by atoms with E-state index in [1.165, 1.54) is 70.2 Å². The summed E-state index contributed by atoms with van der Waals surface area (Å²) >= 11 is 0. The minimum atomic E-state index is -3.81. The van der Waals surface area contributed by atoms with Gasteiger partial charge in [-0.25, -0.2) is 26.6 Å². The molecule has 40 heavy (non-hydrogen) atoms. The van der Waals surface area contributed by atoms with Gasteiger partial charge in [0.1, 0.15) is 10.7 Å². The van der Waals surface area contributed by atoms with Crippen molar-refractivity contribution in [2.24, 2.45) is 4.99 Å². The largest absolute Gasteiger partial charge is 0.325 e. The number of hydrogen-bond donors (Lipinski definition) is 2. The summed E-state index contributed by atoms with van der Waals surface area (Å²) in [6.45, 7) is 4.33. The van der Waals surface area contributed by atoms with Gasteiger partial charge in [0.2, 0.25) is 15.9 Å². The van der Waals surface area contributed by atoms with Gasteiger partial charge in [-0.3, -0.25) is 9.10 Å². The molecule has 0 fully saturated rings. The molecular weight excluding hydrogens is 548 g/mol. The molecule has 0 saturated carbocycles. The summed E-state index contributed by atoms with van der Waals surface area (Å²) in [5, 5.41) is 2.72. The molecule has 1 aliphatic heterocycles. The Bertz CT molecular complexity index is 1410. The fourth-order valence-corrected chi connectivity index (χ4v) is 6.96. The van der Waals surface area contributed by atoms with Crippen molar-refractivity contribution in [3.05, 3.63) is 48.0 Å². The number of sulfonamides is 2. The van der Waals surface area contributed by atoms with Crippen molar-refractivity contribution >= 4 is 43.2 Å². The van der Waals surface area contributed by atoms with Crippen molar-refractivity contribution in [1.29, 1.82) is 0 Å². The normalized spacial score (nSPS) is 14.5. The van der Waals surface area contributed by atoms with Gasteiger partial charge in [0.25, 0.3) is 10.0 Å². The Morgan fingerprint density at radius 2 is 1.55 bits per heavy atom. The van der Waals surface area contributed by atoms with Crippen LogP contribution in [0.25, 0.3) is 0 Å². The quantitative estimate of drug-likeness (QED) is 0.236. The van der Waals surface area contributed by atoms with Gasteiger partial charge in [-0.05, 0) is 43.2 Å². The van der Waals surface area contributed by atoms with Crippen molar-refractivity contribution in [3.63, 3.8) is 0 Å². The number of amides is 1. The molecular formula is C29H42N4O5S2. The summed E-state index contributed by atoms with van der Waals surface area (Å²) in [4.78, 5) is 17.4. The first-order valence-electron chi connectivity index (χ1n) is 14.1. The molecule has 0 aromatic heterocycles. The van der Waals surface area contributed by atoms with Crippen LogP contribution in [-0.4, -0.2) is 46.5 Å². The van der Waals surface area contributed by atoms with E-state index in [4.69, 9.17) is 0 Å². The smallest absolute Gasteiger partial charge is 0.267 e. The predicted molar refractivity (Wildman–Crippen MR) is 160 cm³/mol. The highest BCUT2D eigenvalue weighted by molar-refractivity contribution is 7.90. The van der Waals surface area contributed by atoms with Crippen molar-refractivity contribution in [2.75, 3.05) is 18.9 Å². The van der Waals surface area contributed by atoms with E-state index in [1.807, 2.05) is 0 Å². The molecule has 1 amide bonds. The average Bonchev–Trinajstić information content (AvgIpc) is 2.91. The lowest BCUT2D eigenvalue weighted by Gasteiger charge is -2.26. The van der Waals surface area contributed by atoms with Gasteiger partial charge < -0.3 is 5.32 Å². The number of nitrogens with one attached hydrogen (secondary N) is 2. The van der Waals surface area contributed by atoms with Crippen LogP contribution in [-0.2, 0) is 24.8 Å². The zero-order valence-corrected chi connectivity index (χ0v) is 25.4.